The van der Waals surface area contributed by atoms with Gasteiger partial charge in [0.25, 0.3) is 5.91 Å². The first-order chi connectivity index (χ1) is 9.58. The van der Waals surface area contributed by atoms with Gasteiger partial charge in [-0.15, -0.1) is 0 Å². The van der Waals surface area contributed by atoms with Gasteiger partial charge in [-0.1, -0.05) is 0 Å². The first-order valence-electron chi connectivity index (χ1n) is 6.40. The van der Waals surface area contributed by atoms with Crippen LogP contribution in [0.4, 0.5) is 0 Å². The number of hydrogen-bond donors (Lipinski definition) is 3. The zero-order valence-corrected chi connectivity index (χ0v) is 11.6. The summed E-state index contributed by atoms with van der Waals surface area (Å²) in [5, 5.41) is 17.6. The van der Waals surface area contributed by atoms with E-state index in [1.165, 1.54) is 11.3 Å². The van der Waals surface area contributed by atoms with Crippen LogP contribution in [0.3, 0.4) is 0 Å². The third-order valence-corrected chi connectivity index (χ3v) is 3.78. The highest BCUT2D eigenvalue weighted by molar-refractivity contribution is 7.08. The van der Waals surface area contributed by atoms with Crippen molar-refractivity contribution in [2.75, 3.05) is 6.54 Å². The van der Waals surface area contributed by atoms with Crippen LogP contribution in [-0.4, -0.2) is 35.5 Å². The van der Waals surface area contributed by atoms with Crippen molar-refractivity contribution in [3.63, 3.8) is 0 Å². The van der Waals surface area contributed by atoms with E-state index in [4.69, 9.17) is 5.11 Å². The summed E-state index contributed by atoms with van der Waals surface area (Å²) in [6.45, 7) is 0.192. The van der Waals surface area contributed by atoms with Gasteiger partial charge < -0.3 is 15.7 Å². The molecule has 6 nitrogen and oxygen atoms in total. The maximum atomic E-state index is 11.6. The van der Waals surface area contributed by atoms with Crippen molar-refractivity contribution in [2.24, 2.45) is 5.92 Å². The molecule has 0 spiro atoms. The molecule has 1 aliphatic rings. The van der Waals surface area contributed by atoms with E-state index >= 15 is 0 Å². The molecular formula is C13H16N2O4S. The smallest absolute Gasteiger partial charge is 0.326 e. The first-order valence-corrected chi connectivity index (χ1v) is 7.35. The fraction of sp³-hybridized carbons (Fsp3) is 0.462. The third-order valence-electron chi connectivity index (χ3n) is 3.10. The number of nitrogens with one attached hydrogen (secondary N) is 2. The minimum atomic E-state index is -0.997. The number of aliphatic carboxylic acids is 1. The molecule has 3 N–H and O–H groups in total. The van der Waals surface area contributed by atoms with Gasteiger partial charge in [0.15, 0.2) is 0 Å². The zero-order valence-electron chi connectivity index (χ0n) is 10.8. The predicted octanol–water partition coefficient (Wildman–Crippen LogP) is 0.847. The van der Waals surface area contributed by atoms with Gasteiger partial charge in [-0.3, -0.25) is 9.59 Å². The van der Waals surface area contributed by atoms with Crippen LogP contribution in [0.2, 0.25) is 0 Å². The molecule has 20 heavy (non-hydrogen) atoms. The Kier molecular flexibility index (Phi) is 4.73. The molecule has 2 rings (SSSR count). The number of amides is 2. The summed E-state index contributed by atoms with van der Waals surface area (Å²) >= 11 is 1.42. The van der Waals surface area contributed by atoms with Crippen LogP contribution >= 0.6 is 11.3 Å². The Morgan fingerprint density at radius 2 is 2.15 bits per heavy atom. The summed E-state index contributed by atoms with van der Waals surface area (Å²) in [6.07, 6.45) is 1.75. The molecule has 0 radical (unpaired) electrons. The Balaban J connectivity index is 1.69. The summed E-state index contributed by atoms with van der Waals surface area (Å²) in [7, 11) is 0. The second kappa shape index (κ2) is 6.51. The Morgan fingerprint density at radius 1 is 1.40 bits per heavy atom. The van der Waals surface area contributed by atoms with Crippen molar-refractivity contribution in [1.29, 1.82) is 0 Å². The highest BCUT2D eigenvalue weighted by Gasteiger charge is 2.37. The van der Waals surface area contributed by atoms with E-state index in [0.717, 1.165) is 12.8 Å². The molecule has 1 saturated carbocycles. The molecule has 0 aromatic carbocycles. The Bertz CT molecular complexity index is 496. The fourth-order valence-electron chi connectivity index (χ4n) is 1.84. The summed E-state index contributed by atoms with van der Waals surface area (Å²) in [4.78, 5) is 34.2. The van der Waals surface area contributed by atoms with Crippen molar-refractivity contribution in [3.05, 3.63) is 22.4 Å². The van der Waals surface area contributed by atoms with E-state index in [-0.39, 0.29) is 30.7 Å². The van der Waals surface area contributed by atoms with Gasteiger partial charge in [-0.25, -0.2) is 4.79 Å². The van der Waals surface area contributed by atoms with Crippen LogP contribution in [0.5, 0.6) is 0 Å². The van der Waals surface area contributed by atoms with Crippen molar-refractivity contribution in [3.8, 4) is 0 Å². The van der Waals surface area contributed by atoms with E-state index < -0.39 is 12.0 Å². The van der Waals surface area contributed by atoms with Crippen LogP contribution in [0, 0.1) is 5.92 Å². The van der Waals surface area contributed by atoms with Crippen LogP contribution in [-0.2, 0) is 9.59 Å². The van der Waals surface area contributed by atoms with Gasteiger partial charge in [0.2, 0.25) is 5.91 Å². The molecule has 1 aliphatic carbocycles. The average Bonchev–Trinajstić information content (AvgIpc) is 3.08. The number of carbonyl (C=O) groups is 3. The fourth-order valence-corrected chi connectivity index (χ4v) is 2.48. The highest BCUT2D eigenvalue weighted by Crippen LogP contribution is 2.32. The third kappa shape index (κ3) is 4.06. The SMILES string of the molecule is O=C(CCNC(=O)c1ccsc1)NC(C(=O)O)C1CC1. The topological polar surface area (TPSA) is 95.5 Å². The monoisotopic (exact) mass is 296 g/mol. The van der Waals surface area contributed by atoms with E-state index in [9.17, 15) is 14.4 Å². The molecule has 7 heteroatoms. The standard InChI is InChI=1S/C13H16N2O4S/c16-10(15-11(13(18)19)8-1-2-8)3-5-14-12(17)9-4-6-20-7-9/h4,6-8,11H,1-3,5H2,(H,14,17)(H,15,16)(H,18,19). The molecule has 0 bridgehead atoms. The van der Waals surface area contributed by atoms with Crippen LogP contribution in [0.15, 0.2) is 16.8 Å². The quantitative estimate of drug-likeness (QED) is 0.695. The predicted molar refractivity (Wildman–Crippen MR) is 73.6 cm³/mol. The molecule has 1 fully saturated rings. The van der Waals surface area contributed by atoms with Crippen molar-refractivity contribution < 1.29 is 19.5 Å². The normalized spacial score (nSPS) is 15.4. The van der Waals surface area contributed by atoms with Crippen molar-refractivity contribution in [1.82, 2.24) is 10.6 Å². The van der Waals surface area contributed by atoms with Crippen LogP contribution in [0.1, 0.15) is 29.6 Å². The Hall–Kier alpha value is -1.89. The Labute approximate surface area is 120 Å². The lowest BCUT2D eigenvalue weighted by atomic mass is 10.2. The molecule has 1 atom stereocenters. The van der Waals surface area contributed by atoms with E-state index in [1.54, 1.807) is 16.8 Å². The number of thiophene rings is 1. The lowest BCUT2D eigenvalue weighted by Gasteiger charge is -2.13. The van der Waals surface area contributed by atoms with E-state index in [0.29, 0.717) is 5.56 Å². The molecule has 1 heterocycles. The van der Waals surface area contributed by atoms with E-state index in [1.807, 2.05) is 0 Å². The molecule has 0 saturated heterocycles. The molecule has 0 aliphatic heterocycles. The lowest BCUT2D eigenvalue weighted by molar-refractivity contribution is -0.142. The average molecular weight is 296 g/mol. The number of carboxylic acids is 1. The van der Waals surface area contributed by atoms with E-state index in [2.05, 4.69) is 10.6 Å². The minimum absolute atomic E-state index is 0.0526. The van der Waals surface area contributed by atoms with Gasteiger partial charge >= 0.3 is 5.97 Å². The second-order valence-corrected chi connectivity index (χ2v) is 5.52. The molecular weight excluding hydrogens is 280 g/mol. The molecule has 1 aromatic heterocycles. The zero-order chi connectivity index (χ0) is 14.5. The summed E-state index contributed by atoms with van der Waals surface area (Å²) < 4.78 is 0. The maximum Gasteiger partial charge on any atom is 0.326 e. The lowest BCUT2D eigenvalue weighted by Crippen LogP contribution is -2.43. The summed E-state index contributed by atoms with van der Waals surface area (Å²) in [6, 6.07) is 0.906. The van der Waals surface area contributed by atoms with Gasteiger partial charge in [0.1, 0.15) is 6.04 Å². The highest BCUT2D eigenvalue weighted by atomic mass is 32.1. The summed E-state index contributed by atoms with van der Waals surface area (Å²) in [5.74, 6) is -1.52. The number of rotatable bonds is 7. The first kappa shape index (κ1) is 14.5. The minimum Gasteiger partial charge on any atom is -0.480 e. The molecule has 1 unspecified atom stereocenters. The molecule has 108 valence electrons. The molecule has 1 aromatic rings. The Morgan fingerprint density at radius 3 is 2.70 bits per heavy atom. The molecule has 2 amide bonds. The van der Waals surface area contributed by atoms with Gasteiger partial charge in [0, 0.05) is 23.9 Å². The maximum absolute atomic E-state index is 11.6. The summed E-state index contributed by atoms with van der Waals surface area (Å²) in [5.41, 5.74) is 0.566. The van der Waals surface area contributed by atoms with Gasteiger partial charge in [0.05, 0.1) is 0 Å². The largest absolute Gasteiger partial charge is 0.480 e. The van der Waals surface area contributed by atoms with Crippen LogP contribution < -0.4 is 10.6 Å². The van der Waals surface area contributed by atoms with Gasteiger partial charge in [-0.2, -0.15) is 11.3 Å². The number of carbonyl (C=O) groups excluding carboxylic acids is 2. The van der Waals surface area contributed by atoms with Crippen molar-refractivity contribution in [2.45, 2.75) is 25.3 Å². The number of carboxylic acid groups (broad SMARTS) is 1. The van der Waals surface area contributed by atoms with Gasteiger partial charge in [-0.05, 0) is 30.2 Å². The van der Waals surface area contributed by atoms with Crippen LogP contribution in [0.25, 0.3) is 0 Å². The van der Waals surface area contributed by atoms with Crippen molar-refractivity contribution >= 4 is 29.1 Å². The second-order valence-electron chi connectivity index (χ2n) is 4.74. The number of hydrogen-bond acceptors (Lipinski definition) is 4.